The molecule has 1 heterocycles. The topological polar surface area (TPSA) is 74.2 Å². The van der Waals surface area contributed by atoms with Crippen molar-refractivity contribution >= 4 is 11.4 Å². The number of pyridine rings is 1. The van der Waals surface area contributed by atoms with Crippen molar-refractivity contribution < 1.29 is 4.74 Å². The second kappa shape index (κ2) is 3.30. The van der Waals surface area contributed by atoms with Crippen LogP contribution < -0.4 is 16.2 Å². The largest absolute Gasteiger partial charge is 0.473 e. The van der Waals surface area contributed by atoms with Gasteiger partial charge in [0.25, 0.3) is 0 Å². The maximum atomic E-state index is 5.62. The van der Waals surface area contributed by atoms with Crippen LogP contribution in [0.4, 0.5) is 11.4 Å². The molecule has 0 fully saturated rings. The zero-order valence-corrected chi connectivity index (χ0v) is 7.24. The van der Waals surface area contributed by atoms with E-state index in [1.54, 1.807) is 12.3 Å². The van der Waals surface area contributed by atoms with Gasteiger partial charge in [-0.25, -0.2) is 4.98 Å². The van der Waals surface area contributed by atoms with Gasteiger partial charge in [-0.3, -0.25) is 0 Å². The molecule has 0 aliphatic heterocycles. The van der Waals surface area contributed by atoms with Gasteiger partial charge >= 0.3 is 0 Å². The van der Waals surface area contributed by atoms with E-state index in [0.717, 1.165) is 0 Å². The summed E-state index contributed by atoms with van der Waals surface area (Å²) in [6, 6.07) is 1.64. The van der Waals surface area contributed by atoms with Crippen molar-refractivity contribution in [2.24, 2.45) is 0 Å². The van der Waals surface area contributed by atoms with Crippen molar-refractivity contribution in [3.05, 3.63) is 12.3 Å². The highest BCUT2D eigenvalue weighted by Crippen LogP contribution is 2.24. The molecule has 0 radical (unpaired) electrons. The quantitative estimate of drug-likeness (QED) is 0.690. The van der Waals surface area contributed by atoms with Gasteiger partial charge in [0, 0.05) is 6.20 Å². The van der Waals surface area contributed by atoms with Gasteiger partial charge in [-0.05, 0) is 19.9 Å². The predicted molar refractivity (Wildman–Crippen MR) is 48.8 cm³/mol. The first-order chi connectivity index (χ1) is 5.61. The van der Waals surface area contributed by atoms with Crippen molar-refractivity contribution in [3.8, 4) is 5.88 Å². The lowest BCUT2D eigenvalue weighted by Crippen LogP contribution is -2.09. The molecule has 0 saturated heterocycles. The number of nitrogens with zero attached hydrogens (tertiary/aromatic N) is 1. The van der Waals surface area contributed by atoms with Crippen LogP contribution in [0.5, 0.6) is 5.88 Å². The normalized spacial score (nSPS) is 10.2. The number of rotatable bonds is 2. The number of nitrogen functional groups attached to an aromatic ring is 2. The maximum Gasteiger partial charge on any atom is 0.239 e. The summed E-state index contributed by atoms with van der Waals surface area (Å²) >= 11 is 0. The van der Waals surface area contributed by atoms with Crippen molar-refractivity contribution in [1.82, 2.24) is 4.98 Å². The zero-order chi connectivity index (χ0) is 9.14. The Morgan fingerprint density at radius 3 is 2.67 bits per heavy atom. The van der Waals surface area contributed by atoms with Crippen LogP contribution in [-0.2, 0) is 0 Å². The first-order valence-corrected chi connectivity index (χ1v) is 3.78. The predicted octanol–water partition coefficient (Wildman–Crippen LogP) is 1.03. The molecule has 0 saturated carbocycles. The molecule has 0 bridgehead atoms. The highest BCUT2D eigenvalue weighted by molar-refractivity contribution is 5.67. The molecule has 66 valence electrons. The summed E-state index contributed by atoms with van der Waals surface area (Å²) in [5.74, 6) is 0.407. The highest BCUT2D eigenvalue weighted by Gasteiger charge is 2.05. The minimum atomic E-state index is 0.0570. The maximum absolute atomic E-state index is 5.62. The van der Waals surface area contributed by atoms with Gasteiger partial charge in [-0.15, -0.1) is 0 Å². The Kier molecular flexibility index (Phi) is 2.38. The van der Waals surface area contributed by atoms with E-state index in [1.165, 1.54) is 0 Å². The Labute approximate surface area is 71.5 Å². The van der Waals surface area contributed by atoms with Crippen LogP contribution in [0.2, 0.25) is 0 Å². The molecule has 1 aromatic heterocycles. The third-order valence-corrected chi connectivity index (χ3v) is 1.33. The van der Waals surface area contributed by atoms with Gasteiger partial charge < -0.3 is 16.2 Å². The van der Waals surface area contributed by atoms with Crippen LogP contribution in [-0.4, -0.2) is 11.1 Å². The Morgan fingerprint density at radius 2 is 2.08 bits per heavy atom. The Hall–Kier alpha value is -1.45. The average Bonchev–Trinajstić information content (AvgIpc) is 1.98. The van der Waals surface area contributed by atoms with Crippen molar-refractivity contribution in [2.75, 3.05) is 11.5 Å². The van der Waals surface area contributed by atoms with Crippen LogP contribution in [0, 0.1) is 0 Å². The molecule has 0 atom stereocenters. The van der Waals surface area contributed by atoms with Crippen LogP contribution in [0.25, 0.3) is 0 Å². The molecule has 0 spiro atoms. The second-order valence-electron chi connectivity index (χ2n) is 2.79. The third kappa shape index (κ3) is 1.78. The van der Waals surface area contributed by atoms with E-state index < -0.39 is 0 Å². The number of hydrogen-bond donors (Lipinski definition) is 2. The number of ether oxygens (including phenoxy) is 1. The van der Waals surface area contributed by atoms with Crippen LogP contribution in [0.15, 0.2) is 12.3 Å². The second-order valence-corrected chi connectivity index (χ2v) is 2.79. The lowest BCUT2D eigenvalue weighted by Gasteiger charge is -2.11. The summed E-state index contributed by atoms with van der Waals surface area (Å²) in [5, 5.41) is 0. The summed E-state index contributed by atoms with van der Waals surface area (Å²) in [6.07, 6.45) is 1.63. The zero-order valence-electron chi connectivity index (χ0n) is 7.24. The minimum absolute atomic E-state index is 0.0570. The third-order valence-electron chi connectivity index (χ3n) is 1.33. The van der Waals surface area contributed by atoms with Gasteiger partial charge in [0.15, 0.2) is 0 Å². The lowest BCUT2D eigenvalue weighted by atomic mass is 10.3. The standard InChI is InChI=1S/C8H13N3O/c1-5(2)12-8-7(10)6(9)3-4-11-8/h3-5H,10H2,1-2H3,(H2,9,11). The van der Waals surface area contributed by atoms with Gasteiger partial charge in [-0.1, -0.05) is 0 Å². The number of anilines is 2. The highest BCUT2D eigenvalue weighted by atomic mass is 16.5. The molecule has 1 aromatic rings. The minimum Gasteiger partial charge on any atom is -0.473 e. The molecule has 4 nitrogen and oxygen atoms in total. The number of hydrogen-bond acceptors (Lipinski definition) is 4. The lowest BCUT2D eigenvalue weighted by molar-refractivity contribution is 0.234. The number of nitrogens with two attached hydrogens (primary N) is 2. The first-order valence-electron chi connectivity index (χ1n) is 3.78. The Morgan fingerprint density at radius 1 is 1.42 bits per heavy atom. The van der Waals surface area contributed by atoms with E-state index in [2.05, 4.69) is 4.98 Å². The summed E-state index contributed by atoms with van der Waals surface area (Å²) in [6.45, 7) is 3.81. The Balaban J connectivity index is 2.92. The van der Waals surface area contributed by atoms with E-state index in [9.17, 15) is 0 Å². The first kappa shape index (κ1) is 8.64. The molecule has 4 heteroatoms. The van der Waals surface area contributed by atoms with E-state index in [0.29, 0.717) is 17.3 Å². The van der Waals surface area contributed by atoms with E-state index >= 15 is 0 Å². The summed E-state index contributed by atoms with van der Waals surface area (Å²) < 4.78 is 5.31. The molecule has 1 rings (SSSR count). The van der Waals surface area contributed by atoms with Crippen LogP contribution in [0.3, 0.4) is 0 Å². The molecule has 0 amide bonds. The SMILES string of the molecule is CC(C)Oc1nccc(N)c1N. The fourth-order valence-electron chi connectivity index (χ4n) is 0.785. The summed E-state index contributed by atoms with van der Waals surface area (Å²) in [7, 11) is 0. The van der Waals surface area contributed by atoms with Crippen molar-refractivity contribution in [3.63, 3.8) is 0 Å². The Bertz CT molecular complexity index is 273. The van der Waals surface area contributed by atoms with Crippen molar-refractivity contribution in [2.45, 2.75) is 20.0 Å². The van der Waals surface area contributed by atoms with E-state index in [4.69, 9.17) is 16.2 Å². The summed E-state index contributed by atoms with van der Waals surface area (Å²) in [5.41, 5.74) is 12.1. The van der Waals surface area contributed by atoms with Gasteiger partial charge in [0.05, 0.1) is 11.8 Å². The fraction of sp³-hybridized carbons (Fsp3) is 0.375. The van der Waals surface area contributed by atoms with Gasteiger partial charge in [-0.2, -0.15) is 0 Å². The van der Waals surface area contributed by atoms with Crippen LogP contribution >= 0.6 is 0 Å². The summed E-state index contributed by atoms with van der Waals surface area (Å²) in [4.78, 5) is 3.95. The van der Waals surface area contributed by atoms with E-state index in [1.807, 2.05) is 13.8 Å². The van der Waals surface area contributed by atoms with E-state index in [-0.39, 0.29) is 6.10 Å². The van der Waals surface area contributed by atoms with Gasteiger partial charge in [0.1, 0.15) is 5.69 Å². The molecule has 0 unspecified atom stereocenters. The monoisotopic (exact) mass is 167 g/mol. The molecular weight excluding hydrogens is 154 g/mol. The fourth-order valence-corrected chi connectivity index (χ4v) is 0.785. The van der Waals surface area contributed by atoms with Crippen LogP contribution in [0.1, 0.15) is 13.8 Å². The van der Waals surface area contributed by atoms with Gasteiger partial charge in [0.2, 0.25) is 5.88 Å². The molecule has 0 aromatic carbocycles. The average molecular weight is 167 g/mol. The number of aromatic nitrogens is 1. The molecule has 4 N–H and O–H groups in total. The molecule has 0 aliphatic carbocycles. The smallest absolute Gasteiger partial charge is 0.239 e. The molecule has 12 heavy (non-hydrogen) atoms. The molecule has 0 aliphatic rings. The molecular formula is C8H13N3O. The van der Waals surface area contributed by atoms with Crippen molar-refractivity contribution in [1.29, 1.82) is 0 Å².